The van der Waals surface area contributed by atoms with Crippen molar-refractivity contribution >= 4 is 57.3 Å². The highest BCUT2D eigenvalue weighted by molar-refractivity contribution is 8.00. The van der Waals surface area contributed by atoms with E-state index in [2.05, 4.69) is 10.2 Å². The molecule has 1 aliphatic rings. The Bertz CT molecular complexity index is 1560. The van der Waals surface area contributed by atoms with Gasteiger partial charge in [-0.15, -0.1) is 10.2 Å². The number of aliphatic hydroxyl groups excluding tert-OH is 1. The van der Waals surface area contributed by atoms with Gasteiger partial charge in [-0.1, -0.05) is 94.4 Å². The normalized spacial score (nSPS) is 16.8. The van der Waals surface area contributed by atoms with Gasteiger partial charge >= 0.3 is 5.91 Å². The molecular weight excluding hydrogens is 538 g/mol. The van der Waals surface area contributed by atoms with Crippen molar-refractivity contribution in [1.82, 2.24) is 10.2 Å². The van der Waals surface area contributed by atoms with Crippen molar-refractivity contribution in [2.24, 2.45) is 0 Å². The van der Waals surface area contributed by atoms with E-state index in [0.29, 0.717) is 31.4 Å². The number of ketones is 1. The van der Waals surface area contributed by atoms with Gasteiger partial charge in [0.25, 0.3) is 5.78 Å². The first-order valence-corrected chi connectivity index (χ1v) is 14.1. The third-order valence-corrected chi connectivity index (χ3v) is 8.74. The van der Waals surface area contributed by atoms with Crippen LogP contribution in [0.25, 0.3) is 5.76 Å². The van der Waals surface area contributed by atoms with Crippen LogP contribution < -0.4 is 4.90 Å². The maximum Gasteiger partial charge on any atom is 0.301 e. The lowest BCUT2D eigenvalue weighted by Gasteiger charge is -2.23. The summed E-state index contributed by atoms with van der Waals surface area (Å²) in [5.74, 6) is -1.04. The number of Topliss-reactive ketones (excluding diaryl/α,β-unsaturated/α-hetero) is 1. The summed E-state index contributed by atoms with van der Waals surface area (Å²) < 4.78 is 0.661. The molecule has 1 aliphatic heterocycles. The van der Waals surface area contributed by atoms with Gasteiger partial charge in [0.05, 0.1) is 11.6 Å². The van der Waals surface area contributed by atoms with Gasteiger partial charge in [0.1, 0.15) is 5.76 Å². The van der Waals surface area contributed by atoms with Crippen LogP contribution in [-0.4, -0.2) is 27.0 Å². The van der Waals surface area contributed by atoms with Crippen LogP contribution in [0.15, 0.2) is 76.6 Å². The highest BCUT2D eigenvalue weighted by atomic mass is 35.5. The highest BCUT2D eigenvalue weighted by Crippen LogP contribution is 2.44. The molecule has 6 nitrogen and oxygen atoms in total. The molecule has 0 bridgehead atoms. The van der Waals surface area contributed by atoms with E-state index in [4.69, 9.17) is 11.6 Å². The number of carbonyl (C=O) groups is 2. The molecular formula is C29H24ClN3O3S2. The number of aliphatic hydroxyl groups is 1. The number of anilines is 1. The minimum atomic E-state index is -0.836. The van der Waals surface area contributed by atoms with Crippen molar-refractivity contribution in [3.63, 3.8) is 0 Å². The Labute approximate surface area is 234 Å². The predicted octanol–water partition coefficient (Wildman–Crippen LogP) is 7.04. The van der Waals surface area contributed by atoms with Gasteiger partial charge in [-0.05, 0) is 55.7 Å². The van der Waals surface area contributed by atoms with Crippen molar-refractivity contribution in [3.05, 3.63) is 111 Å². The van der Waals surface area contributed by atoms with Crippen LogP contribution in [0, 0.1) is 20.8 Å². The van der Waals surface area contributed by atoms with E-state index >= 15 is 0 Å². The largest absolute Gasteiger partial charge is 0.507 e. The monoisotopic (exact) mass is 561 g/mol. The second kappa shape index (κ2) is 10.7. The van der Waals surface area contributed by atoms with Gasteiger partial charge in [-0.2, -0.15) is 0 Å². The minimum Gasteiger partial charge on any atom is -0.507 e. The second-order valence-corrected chi connectivity index (χ2v) is 11.8. The summed E-state index contributed by atoms with van der Waals surface area (Å²) in [6.45, 7) is 5.74. The maximum atomic E-state index is 13.4. The molecule has 3 aromatic carbocycles. The van der Waals surface area contributed by atoms with Crippen LogP contribution in [0.1, 0.15) is 39.4 Å². The molecule has 192 valence electrons. The first-order chi connectivity index (χ1) is 18.2. The first-order valence-electron chi connectivity index (χ1n) is 11.9. The first kappa shape index (κ1) is 26.2. The third-order valence-electron chi connectivity index (χ3n) is 6.36. The molecule has 1 amide bonds. The number of amides is 1. The number of aryl methyl sites for hydroxylation is 3. The summed E-state index contributed by atoms with van der Waals surface area (Å²) in [7, 11) is 0. The summed E-state index contributed by atoms with van der Waals surface area (Å²) >= 11 is 8.70. The average Bonchev–Trinajstić information content (AvgIpc) is 3.47. The smallest absolute Gasteiger partial charge is 0.301 e. The number of nitrogens with zero attached hydrogens (tertiary/aromatic N) is 3. The van der Waals surface area contributed by atoms with Gasteiger partial charge in [-0.3, -0.25) is 14.5 Å². The van der Waals surface area contributed by atoms with E-state index in [1.807, 2.05) is 87.5 Å². The summed E-state index contributed by atoms with van der Waals surface area (Å²) in [4.78, 5) is 28.2. The Hall–Kier alpha value is -3.46. The van der Waals surface area contributed by atoms with Gasteiger partial charge in [0.15, 0.2) is 4.34 Å². The van der Waals surface area contributed by atoms with E-state index in [1.54, 1.807) is 0 Å². The maximum absolute atomic E-state index is 13.4. The van der Waals surface area contributed by atoms with E-state index in [9.17, 15) is 14.7 Å². The lowest BCUT2D eigenvalue weighted by Crippen LogP contribution is -2.29. The molecule has 0 aliphatic carbocycles. The van der Waals surface area contributed by atoms with Crippen LogP contribution in [0.4, 0.5) is 5.13 Å². The lowest BCUT2D eigenvalue weighted by molar-refractivity contribution is -0.132. The van der Waals surface area contributed by atoms with Crippen molar-refractivity contribution in [2.75, 3.05) is 4.90 Å². The Morgan fingerprint density at radius 2 is 1.66 bits per heavy atom. The van der Waals surface area contributed by atoms with E-state index < -0.39 is 17.7 Å². The van der Waals surface area contributed by atoms with Gasteiger partial charge < -0.3 is 5.11 Å². The predicted molar refractivity (Wildman–Crippen MR) is 153 cm³/mol. The number of rotatable bonds is 6. The fourth-order valence-corrected chi connectivity index (χ4v) is 6.26. The topological polar surface area (TPSA) is 83.4 Å². The minimum absolute atomic E-state index is 0.0399. The lowest BCUT2D eigenvalue weighted by atomic mass is 9.93. The molecule has 1 N–H and O–H groups in total. The Morgan fingerprint density at radius 1 is 0.974 bits per heavy atom. The zero-order chi connectivity index (χ0) is 27.0. The standard InChI is InChI=1S/C29H24ClN3O3S2/c1-16-5-10-20(11-6-16)24-23(25(34)22-14-17(2)4-7-18(22)3)26(35)27(36)33(24)28-31-32-29(38-28)37-15-19-8-12-21(30)13-9-19/h4-14,24,34H,15H2,1-3H3/b25-23+. The van der Waals surface area contributed by atoms with Crippen molar-refractivity contribution in [3.8, 4) is 0 Å². The van der Waals surface area contributed by atoms with E-state index in [0.717, 1.165) is 22.3 Å². The second-order valence-electron chi connectivity index (χ2n) is 9.16. The number of hydrogen-bond acceptors (Lipinski definition) is 7. The van der Waals surface area contributed by atoms with Crippen LogP contribution in [0.2, 0.25) is 5.02 Å². The molecule has 0 spiro atoms. The quantitative estimate of drug-likeness (QED) is 0.0894. The van der Waals surface area contributed by atoms with Crippen molar-refractivity contribution in [1.29, 1.82) is 0 Å². The fourth-order valence-electron chi connectivity index (χ4n) is 4.31. The molecule has 4 aromatic rings. The molecule has 0 saturated carbocycles. The summed E-state index contributed by atoms with van der Waals surface area (Å²) in [6, 6.07) is 19.9. The number of halogens is 1. The van der Waals surface area contributed by atoms with E-state index in [-0.39, 0.29) is 11.3 Å². The molecule has 1 unspecified atom stereocenters. The number of hydrogen-bond donors (Lipinski definition) is 1. The van der Waals surface area contributed by atoms with Gasteiger partial charge in [-0.25, -0.2) is 0 Å². The van der Waals surface area contributed by atoms with Crippen molar-refractivity contribution in [2.45, 2.75) is 36.9 Å². The van der Waals surface area contributed by atoms with Crippen LogP contribution in [0.5, 0.6) is 0 Å². The fraction of sp³-hybridized carbons (Fsp3) is 0.172. The SMILES string of the molecule is Cc1ccc(C2/C(=C(\O)c3cc(C)ccc3C)C(=O)C(=O)N2c2nnc(SCc3ccc(Cl)cc3)s2)cc1. The molecule has 1 fully saturated rings. The Balaban J connectivity index is 1.55. The number of benzene rings is 3. The van der Waals surface area contributed by atoms with Gasteiger partial charge in [0, 0.05) is 16.3 Å². The Kier molecular flexibility index (Phi) is 7.38. The Morgan fingerprint density at radius 3 is 2.37 bits per heavy atom. The van der Waals surface area contributed by atoms with Crippen LogP contribution >= 0.6 is 34.7 Å². The highest BCUT2D eigenvalue weighted by Gasteiger charge is 2.48. The molecule has 38 heavy (non-hydrogen) atoms. The molecule has 1 atom stereocenters. The average molecular weight is 562 g/mol. The number of thioether (sulfide) groups is 1. The summed E-state index contributed by atoms with van der Waals surface area (Å²) in [5, 5.41) is 21.0. The third kappa shape index (κ3) is 5.12. The van der Waals surface area contributed by atoms with Crippen molar-refractivity contribution < 1.29 is 14.7 Å². The van der Waals surface area contributed by atoms with Gasteiger partial charge in [0.2, 0.25) is 5.13 Å². The molecule has 2 heterocycles. The number of carbonyl (C=O) groups excluding carboxylic acids is 2. The zero-order valence-electron chi connectivity index (χ0n) is 20.9. The summed E-state index contributed by atoms with van der Waals surface area (Å²) in [6.07, 6.45) is 0. The van der Waals surface area contributed by atoms with Crippen LogP contribution in [0.3, 0.4) is 0 Å². The van der Waals surface area contributed by atoms with Crippen LogP contribution in [-0.2, 0) is 15.3 Å². The van der Waals surface area contributed by atoms with E-state index in [1.165, 1.54) is 28.0 Å². The summed E-state index contributed by atoms with van der Waals surface area (Å²) in [5.41, 5.74) is 5.12. The zero-order valence-corrected chi connectivity index (χ0v) is 23.3. The molecule has 5 rings (SSSR count). The molecule has 1 aromatic heterocycles. The molecule has 0 radical (unpaired) electrons. The number of aromatic nitrogens is 2. The molecule has 1 saturated heterocycles. The molecule has 9 heteroatoms.